The first-order valence-electron chi connectivity index (χ1n) is 9.69. The van der Waals surface area contributed by atoms with E-state index in [-0.39, 0.29) is 17.5 Å². The van der Waals surface area contributed by atoms with Crippen LogP contribution in [0.2, 0.25) is 0 Å². The predicted octanol–water partition coefficient (Wildman–Crippen LogP) is 3.39. The van der Waals surface area contributed by atoms with Gasteiger partial charge in [0.2, 0.25) is 0 Å². The maximum Gasteiger partial charge on any atom is 0.341 e. The molecule has 0 saturated carbocycles. The minimum Gasteiger partial charge on any atom is -0.493 e. The van der Waals surface area contributed by atoms with Crippen LogP contribution >= 0.6 is 0 Å². The van der Waals surface area contributed by atoms with Gasteiger partial charge >= 0.3 is 5.97 Å². The lowest BCUT2D eigenvalue weighted by molar-refractivity contribution is 0.0694. The largest absolute Gasteiger partial charge is 0.493 e. The van der Waals surface area contributed by atoms with Crippen LogP contribution in [0.5, 0.6) is 11.5 Å². The predicted molar refractivity (Wildman–Crippen MR) is 109 cm³/mol. The van der Waals surface area contributed by atoms with E-state index in [0.29, 0.717) is 36.8 Å². The van der Waals surface area contributed by atoms with Crippen LogP contribution in [0.25, 0.3) is 11.3 Å². The summed E-state index contributed by atoms with van der Waals surface area (Å²) < 4.78 is 18.4. The third-order valence-corrected chi connectivity index (χ3v) is 5.28. The van der Waals surface area contributed by atoms with Gasteiger partial charge in [0.15, 0.2) is 16.9 Å². The summed E-state index contributed by atoms with van der Waals surface area (Å²) in [5, 5.41) is 9.37. The molecular weight excluding hydrogens is 374 g/mol. The number of carbonyl (C=O) groups is 1. The van der Waals surface area contributed by atoms with Crippen LogP contribution in [0.4, 0.5) is 0 Å². The Morgan fingerprint density at radius 2 is 1.97 bits per heavy atom. The van der Waals surface area contributed by atoms with E-state index in [1.54, 1.807) is 14.2 Å². The van der Waals surface area contributed by atoms with Crippen molar-refractivity contribution < 1.29 is 24.1 Å². The number of hydrogen-bond donors (Lipinski definition) is 1. The number of aromatic nitrogens is 1. The number of ether oxygens (including phenoxy) is 3. The highest BCUT2D eigenvalue weighted by molar-refractivity contribution is 5.87. The van der Waals surface area contributed by atoms with Crippen molar-refractivity contribution in [3.63, 3.8) is 0 Å². The van der Waals surface area contributed by atoms with Gasteiger partial charge in [0, 0.05) is 44.0 Å². The van der Waals surface area contributed by atoms with Gasteiger partial charge in [0.25, 0.3) is 0 Å². The summed E-state index contributed by atoms with van der Waals surface area (Å²) in [7, 11) is 3.23. The monoisotopic (exact) mass is 401 g/mol. The molecule has 1 unspecified atom stereocenters. The number of benzene rings is 1. The molecule has 0 fully saturated rings. The third-order valence-electron chi connectivity index (χ3n) is 5.28. The van der Waals surface area contributed by atoms with Gasteiger partial charge in [-0.05, 0) is 30.0 Å². The van der Waals surface area contributed by atoms with Crippen LogP contribution in [0.1, 0.15) is 42.2 Å². The van der Waals surface area contributed by atoms with Gasteiger partial charge < -0.3 is 23.9 Å². The maximum atomic E-state index is 12.4. The molecule has 1 aromatic carbocycles. The summed E-state index contributed by atoms with van der Waals surface area (Å²) in [6, 6.07) is 5.28. The van der Waals surface area contributed by atoms with E-state index in [1.807, 2.05) is 16.7 Å². The Hall–Kier alpha value is -2.80. The first-order chi connectivity index (χ1) is 13.9. The fraction of sp³-hybridized carbons (Fsp3) is 0.455. The number of fused-ring (bicyclic) bond motifs is 3. The molecule has 0 saturated heterocycles. The molecule has 29 heavy (non-hydrogen) atoms. The Morgan fingerprint density at radius 1 is 1.21 bits per heavy atom. The summed E-state index contributed by atoms with van der Waals surface area (Å²) in [6.45, 7) is 5.30. The van der Waals surface area contributed by atoms with Gasteiger partial charge in [-0.25, -0.2) is 4.79 Å². The summed E-state index contributed by atoms with van der Waals surface area (Å²) in [4.78, 5) is 23.8. The number of methoxy groups -OCH3 is 2. The molecule has 1 aromatic heterocycles. The third kappa shape index (κ3) is 4.15. The summed E-state index contributed by atoms with van der Waals surface area (Å²) in [5.41, 5.74) is 1.89. The Kier molecular flexibility index (Phi) is 6.27. The first-order valence-corrected chi connectivity index (χ1v) is 9.69. The maximum absolute atomic E-state index is 12.4. The van der Waals surface area contributed by atoms with Crippen molar-refractivity contribution in [2.24, 2.45) is 5.92 Å². The van der Waals surface area contributed by atoms with E-state index in [9.17, 15) is 14.7 Å². The second kappa shape index (κ2) is 8.69. The number of pyridine rings is 1. The van der Waals surface area contributed by atoms with Crippen molar-refractivity contribution in [2.75, 3.05) is 27.4 Å². The van der Waals surface area contributed by atoms with Gasteiger partial charge in [0.1, 0.15) is 5.56 Å². The van der Waals surface area contributed by atoms with E-state index in [4.69, 9.17) is 14.2 Å². The highest BCUT2D eigenvalue weighted by atomic mass is 16.5. The van der Waals surface area contributed by atoms with Crippen LogP contribution in [0, 0.1) is 5.92 Å². The van der Waals surface area contributed by atoms with Gasteiger partial charge in [-0.3, -0.25) is 4.79 Å². The van der Waals surface area contributed by atoms with Gasteiger partial charge in [-0.15, -0.1) is 0 Å². The van der Waals surface area contributed by atoms with Crippen LogP contribution in [-0.2, 0) is 11.2 Å². The van der Waals surface area contributed by atoms with Gasteiger partial charge in [-0.2, -0.15) is 0 Å². The van der Waals surface area contributed by atoms with Gasteiger partial charge in [-0.1, -0.05) is 13.8 Å². The molecule has 0 bridgehead atoms. The molecule has 7 nitrogen and oxygen atoms in total. The molecule has 0 aliphatic carbocycles. The topological polar surface area (TPSA) is 87.0 Å². The minimum atomic E-state index is -1.21. The summed E-state index contributed by atoms with van der Waals surface area (Å²) >= 11 is 0. The average Bonchev–Trinajstić information content (AvgIpc) is 2.69. The SMILES string of the molecule is COCCCOc1cc2c(cc1OC)-c1cc(=O)c(C(=O)O)cn1C(C(C)C)C2. The number of carboxylic acid groups (broad SMARTS) is 1. The summed E-state index contributed by atoms with van der Waals surface area (Å²) in [6.07, 6.45) is 2.94. The molecular formula is C22H27NO6. The lowest BCUT2D eigenvalue weighted by Crippen LogP contribution is -2.28. The summed E-state index contributed by atoms with van der Waals surface area (Å²) in [5.74, 6) is 0.267. The van der Waals surface area contributed by atoms with Crippen molar-refractivity contribution in [3.8, 4) is 22.8 Å². The smallest absolute Gasteiger partial charge is 0.341 e. The lowest BCUT2D eigenvalue weighted by atomic mass is 9.87. The van der Waals surface area contributed by atoms with E-state index < -0.39 is 11.4 Å². The molecule has 156 valence electrons. The fourth-order valence-electron chi connectivity index (χ4n) is 3.75. The molecule has 3 rings (SSSR count). The quantitative estimate of drug-likeness (QED) is 0.683. The first kappa shape index (κ1) is 20.9. The molecule has 1 aliphatic heterocycles. The van der Waals surface area contributed by atoms with Crippen LogP contribution in [-0.4, -0.2) is 43.1 Å². The van der Waals surface area contributed by atoms with E-state index >= 15 is 0 Å². The lowest BCUT2D eigenvalue weighted by Gasteiger charge is -2.33. The fourth-order valence-corrected chi connectivity index (χ4v) is 3.75. The number of nitrogens with zero attached hydrogens (tertiary/aromatic N) is 1. The van der Waals surface area contributed by atoms with Crippen molar-refractivity contribution in [1.29, 1.82) is 0 Å². The van der Waals surface area contributed by atoms with Crippen molar-refractivity contribution in [2.45, 2.75) is 32.7 Å². The number of aromatic carboxylic acids is 1. The van der Waals surface area contributed by atoms with Crippen molar-refractivity contribution >= 4 is 5.97 Å². The second-order valence-electron chi connectivity index (χ2n) is 7.52. The number of rotatable bonds is 8. The zero-order chi connectivity index (χ0) is 21.1. The minimum absolute atomic E-state index is 0.0333. The molecule has 1 N–H and O–H groups in total. The Labute approximate surface area is 169 Å². The molecule has 0 spiro atoms. The average molecular weight is 401 g/mol. The standard InChI is InChI=1S/C22H27NO6/c1-13(2)17-8-14-9-21(29-7-5-6-27-3)20(28-4)10-15(14)18-11-19(24)16(22(25)26)12-23(17)18/h9-13,17H,5-8H2,1-4H3,(H,25,26). The number of carboxylic acids is 1. The van der Waals surface area contributed by atoms with Crippen molar-refractivity contribution in [1.82, 2.24) is 4.57 Å². The van der Waals surface area contributed by atoms with E-state index in [2.05, 4.69) is 13.8 Å². The normalized spacial score (nSPS) is 15.0. The zero-order valence-corrected chi connectivity index (χ0v) is 17.2. The van der Waals surface area contributed by atoms with E-state index in [1.165, 1.54) is 12.3 Å². The Morgan fingerprint density at radius 3 is 2.59 bits per heavy atom. The molecule has 0 amide bonds. The van der Waals surface area contributed by atoms with Gasteiger partial charge in [0.05, 0.1) is 19.4 Å². The molecule has 1 atom stereocenters. The Bertz CT molecular complexity index is 963. The van der Waals surface area contributed by atoms with E-state index in [0.717, 1.165) is 17.5 Å². The zero-order valence-electron chi connectivity index (χ0n) is 17.2. The van der Waals surface area contributed by atoms with Crippen LogP contribution in [0.3, 0.4) is 0 Å². The molecule has 2 heterocycles. The Balaban J connectivity index is 2.10. The second-order valence-corrected chi connectivity index (χ2v) is 7.52. The van der Waals surface area contributed by atoms with Crippen LogP contribution in [0.15, 0.2) is 29.2 Å². The molecule has 7 heteroatoms. The molecule has 0 radical (unpaired) electrons. The molecule has 2 aromatic rings. The van der Waals surface area contributed by atoms with Crippen molar-refractivity contribution in [3.05, 3.63) is 45.7 Å². The highest BCUT2D eigenvalue weighted by Gasteiger charge is 2.29. The highest BCUT2D eigenvalue weighted by Crippen LogP contribution is 2.42. The van der Waals surface area contributed by atoms with Crippen LogP contribution < -0.4 is 14.9 Å². The molecule has 1 aliphatic rings. The number of hydrogen-bond acceptors (Lipinski definition) is 5.